The van der Waals surface area contributed by atoms with Crippen LogP contribution in [-0.2, 0) is 19.3 Å². The van der Waals surface area contributed by atoms with Gasteiger partial charge in [0.2, 0.25) is 0 Å². The molecule has 0 aliphatic rings. The summed E-state index contributed by atoms with van der Waals surface area (Å²) in [4.78, 5) is 13.3. The van der Waals surface area contributed by atoms with E-state index in [1.165, 1.54) is 11.1 Å². The fourth-order valence-electron chi connectivity index (χ4n) is 3.83. The lowest BCUT2D eigenvalue weighted by molar-refractivity contribution is 0.103. The molecule has 0 aliphatic heterocycles. The van der Waals surface area contributed by atoms with Gasteiger partial charge < -0.3 is 9.52 Å². The molecule has 0 saturated heterocycles. The fraction of sp³-hybridized carbons (Fsp3) is 0.192. The highest BCUT2D eigenvalue weighted by atomic mass is 79.9. The van der Waals surface area contributed by atoms with Crippen molar-refractivity contribution in [3.63, 3.8) is 0 Å². The van der Waals surface area contributed by atoms with Crippen LogP contribution >= 0.6 is 31.9 Å². The van der Waals surface area contributed by atoms with Gasteiger partial charge in [0.25, 0.3) is 0 Å². The second-order valence-corrected chi connectivity index (χ2v) is 9.25. The maximum absolute atomic E-state index is 13.3. The van der Waals surface area contributed by atoms with Gasteiger partial charge in [-0.3, -0.25) is 4.79 Å². The lowest BCUT2D eigenvalue weighted by Crippen LogP contribution is -2.04. The number of carbonyl (C=O) groups is 1. The Morgan fingerprint density at radius 1 is 0.935 bits per heavy atom. The summed E-state index contributed by atoms with van der Waals surface area (Å²) in [5, 5.41) is 10.8. The third-order valence-electron chi connectivity index (χ3n) is 5.43. The third-order valence-corrected chi connectivity index (χ3v) is 6.64. The van der Waals surface area contributed by atoms with Gasteiger partial charge in [-0.1, -0.05) is 49.4 Å². The first kappa shape index (κ1) is 21.8. The monoisotopic (exact) mass is 540 g/mol. The number of furan rings is 1. The van der Waals surface area contributed by atoms with Crippen LogP contribution < -0.4 is 0 Å². The van der Waals surface area contributed by atoms with Gasteiger partial charge in [-0.05, 0) is 80.4 Å². The van der Waals surface area contributed by atoms with Gasteiger partial charge >= 0.3 is 0 Å². The maximum Gasteiger partial charge on any atom is 0.197 e. The number of aromatic hydroxyl groups is 1. The minimum atomic E-state index is -0.117. The topological polar surface area (TPSA) is 50.4 Å². The maximum atomic E-state index is 13.3. The highest BCUT2D eigenvalue weighted by Crippen LogP contribution is 2.36. The molecule has 4 aromatic rings. The summed E-state index contributed by atoms with van der Waals surface area (Å²) < 4.78 is 7.03. The van der Waals surface area contributed by atoms with E-state index in [0.717, 1.165) is 30.2 Å². The van der Waals surface area contributed by atoms with Crippen LogP contribution in [0.3, 0.4) is 0 Å². The Hall–Kier alpha value is -2.37. The van der Waals surface area contributed by atoms with Crippen molar-refractivity contribution in [2.24, 2.45) is 0 Å². The number of hydrogen-bond donors (Lipinski definition) is 1. The van der Waals surface area contributed by atoms with Crippen molar-refractivity contribution >= 4 is 48.6 Å². The molecule has 1 aromatic heterocycles. The summed E-state index contributed by atoms with van der Waals surface area (Å²) in [6.07, 6.45) is 3.66. The Morgan fingerprint density at radius 3 is 2.29 bits per heavy atom. The Morgan fingerprint density at radius 2 is 1.61 bits per heavy atom. The van der Waals surface area contributed by atoms with Crippen molar-refractivity contribution in [3.05, 3.63) is 97.6 Å². The largest absolute Gasteiger partial charge is 0.506 e. The molecule has 4 rings (SSSR count). The first-order chi connectivity index (χ1) is 15.0. The molecule has 0 radical (unpaired) electrons. The summed E-state index contributed by atoms with van der Waals surface area (Å²) in [6, 6.07) is 19.9. The first-order valence-electron chi connectivity index (χ1n) is 10.3. The normalized spacial score (nSPS) is 11.2. The summed E-state index contributed by atoms with van der Waals surface area (Å²) in [6.45, 7) is 1.98. The van der Waals surface area contributed by atoms with Crippen LogP contribution in [0.4, 0.5) is 0 Å². The van der Waals surface area contributed by atoms with E-state index in [0.29, 0.717) is 32.3 Å². The summed E-state index contributed by atoms with van der Waals surface area (Å²) >= 11 is 6.62. The number of phenolic OH excluding ortho intramolecular Hbond substituents is 1. The van der Waals surface area contributed by atoms with Crippen LogP contribution in [0.2, 0.25) is 0 Å². The molecular formula is C26H22Br2O3. The highest BCUT2D eigenvalue weighted by Gasteiger charge is 2.22. The molecule has 3 aromatic carbocycles. The molecule has 158 valence electrons. The van der Waals surface area contributed by atoms with Crippen molar-refractivity contribution in [1.29, 1.82) is 0 Å². The predicted octanol–water partition coefficient (Wildman–Crippen LogP) is 7.63. The van der Waals surface area contributed by atoms with E-state index in [2.05, 4.69) is 68.3 Å². The average Bonchev–Trinajstić information content (AvgIpc) is 3.15. The Bertz CT molecular complexity index is 1220. The average molecular weight is 542 g/mol. The highest BCUT2D eigenvalue weighted by molar-refractivity contribution is 9.11. The Balaban J connectivity index is 1.61. The molecule has 0 amide bonds. The van der Waals surface area contributed by atoms with Gasteiger partial charge in [0.1, 0.15) is 17.1 Å². The minimum absolute atomic E-state index is 0.0736. The molecule has 0 saturated carbocycles. The molecule has 5 heteroatoms. The van der Waals surface area contributed by atoms with Crippen molar-refractivity contribution < 1.29 is 14.3 Å². The molecule has 0 spiro atoms. The number of phenols is 1. The van der Waals surface area contributed by atoms with Gasteiger partial charge in [0.15, 0.2) is 5.78 Å². The first-order valence-corrected chi connectivity index (χ1v) is 11.9. The van der Waals surface area contributed by atoms with Crippen molar-refractivity contribution in [2.45, 2.75) is 32.6 Å². The van der Waals surface area contributed by atoms with Crippen LogP contribution in [-0.4, -0.2) is 10.9 Å². The molecule has 1 heterocycles. The molecule has 0 unspecified atom stereocenters. The number of ketones is 1. The molecule has 31 heavy (non-hydrogen) atoms. The number of benzene rings is 3. The molecule has 0 fully saturated rings. The van der Waals surface area contributed by atoms with Crippen LogP contribution in [0.25, 0.3) is 11.0 Å². The Labute approximate surface area is 198 Å². The number of hydrogen-bond acceptors (Lipinski definition) is 3. The molecular weight excluding hydrogens is 520 g/mol. The zero-order chi connectivity index (χ0) is 22.0. The number of fused-ring (bicyclic) bond motifs is 1. The van der Waals surface area contributed by atoms with E-state index in [1.54, 1.807) is 12.1 Å². The fourth-order valence-corrected chi connectivity index (χ4v) is 5.01. The second-order valence-electron chi connectivity index (χ2n) is 7.54. The summed E-state index contributed by atoms with van der Waals surface area (Å²) in [5.74, 6) is 0.639. The second kappa shape index (κ2) is 9.41. The summed E-state index contributed by atoms with van der Waals surface area (Å²) in [5.41, 5.74) is 4.37. The van der Waals surface area contributed by atoms with Gasteiger partial charge in [0, 0.05) is 17.4 Å². The van der Waals surface area contributed by atoms with Crippen LogP contribution in [0.5, 0.6) is 5.75 Å². The van der Waals surface area contributed by atoms with E-state index >= 15 is 0 Å². The SMILES string of the molecule is CCc1oc2cc(CCCc3ccccc3)ccc2c1C(=O)c1cc(Br)c(O)c(Br)c1. The van der Waals surface area contributed by atoms with E-state index in [-0.39, 0.29) is 11.5 Å². The number of halogens is 2. The zero-order valence-corrected chi connectivity index (χ0v) is 20.3. The van der Waals surface area contributed by atoms with E-state index in [1.807, 2.05) is 19.1 Å². The van der Waals surface area contributed by atoms with Gasteiger partial charge in [-0.15, -0.1) is 0 Å². The standard InChI is InChI=1S/C26H22Br2O3/c1-2-22-24(25(29)18-14-20(27)26(30)21(28)15-18)19-12-11-17(13-23(19)31-22)10-6-9-16-7-4-3-5-8-16/h3-5,7-8,11-15,30H,2,6,9-10H2,1H3. The smallest absolute Gasteiger partial charge is 0.197 e. The van der Waals surface area contributed by atoms with Gasteiger partial charge in [0.05, 0.1) is 14.5 Å². The number of rotatable bonds is 7. The molecule has 3 nitrogen and oxygen atoms in total. The molecule has 1 N–H and O–H groups in total. The number of carbonyl (C=O) groups excluding carboxylic acids is 1. The zero-order valence-electron chi connectivity index (χ0n) is 17.1. The van der Waals surface area contributed by atoms with Crippen LogP contribution in [0.15, 0.2) is 74.0 Å². The van der Waals surface area contributed by atoms with E-state index in [4.69, 9.17) is 4.42 Å². The molecule has 0 aliphatic carbocycles. The van der Waals surface area contributed by atoms with E-state index < -0.39 is 0 Å². The summed E-state index contributed by atoms with van der Waals surface area (Å²) in [7, 11) is 0. The third kappa shape index (κ3) is 4.63. The van der Waals surface area contributed by atoms with E-state index in [9.17, 15) is 9.90 Å². The predicted molar refractivity (Wildman–Crippen MR) is 131 cm³/mol. The number of aryl methyl sites for hydroxylation is 3. The lowest BCUT2D eigenvalue weighted by Gasteiger charge is -2.06. The van der Waals surface area contributed by atoms with Crippen LogP contribution in [0.1, 0.15) is 46.2 Å². The van der Waals surface area contributed by atoms with Gasteiger partial charge in [-0.25, -0.2) is 0 Å². The molecule has 0 atom stereocenters. The van der Waals surface area contributed by atoms with Crippen molar-refractivity contribution in [1.82, 2.24) is 0 Å². The Kier molecular flexibility index (Phi) is 6.63. The lowest BCUT2D eigenvalue weighted by atomic mass is 9.97. The van der Waals surface area contributed by atoms with Crippen molar-refractivity contribution in [3.8, 4) is 5.75 Å². The molecule has 0 bridgehead atoms. The minimum Gasteiger partial charge on any atom is -0.506 e. The van der Waals surface area contributed by atoms with Crippen LogP contribution in [0, 0.1) is 0 Å². The van der Waals surface area contributed by atoms with Crippen molar-refractivity contribution in [2.75, 3.05) is 0 Å². The quantitative estimate of drug-likeness (QED) is 0.245. The van der Waals surface area contributed by atoms with Gasteiger partial charge in [-0.2, -0.15) is 0 Å².